The van der Waals surface area contributed by atoms with E-state index >= 15 is 0 Å². The second-order valence-electron chi connectivity index (χ2n) is 4.11. The Balaban J connectivity index is 3.05. The molecule has 0 bridgehead atoms. The van der Waals surface area contributed by atoms with E-state index in [0.29, 0.717) is 5.56 Å². The minimum Gasteiger partial charge on any atom is -0.468 e. The number of nitrogens with zero attached hydrogens (tertiary/aromatic N) is 1. The van der Waals surface area contributed by atoms with Gasteiger partial charge in [-0.3, -0.25) is 9.59 Å². The van der Waals surface area contributed by atoms with Gasteiger partial charge in [0.1, 0.15) is 6.54 Å². The topological polar surface area (TPSA) is 92.8 Å². The van der Waals surface area contributed by atoms with Gasteiger partial charge in [0.25, 0.3) is 5.91 Å². The quantitative estimate of drug-likeness (QED) is 0.759. The van der Waals surface area contributed by atoms with Crippen molar-refractivity contribution in [1.29, 1.82) is 0 Å². The molecule has 0 radical (unpaired) electrons. The molecule has 0 atom stereocenters. The lowest BCUT2D eigenvalue weighted by molar-refractivity contribution is -0.140. The maximum atomic E-state index is 12.4. The number of rotatable bonds is 6. The summed E-state index contributed by atoms with van der Waals surface area (Å²) in [6, 6.07) is 5.50. The number of carbonyl (C=O) groups is 2. The van der Waals surface area contributed by atoms with Crippen LogP contribution in [0, 0.1) is 0 Å². The third kappa shape index (κ3) is 4.02. The zero-order valence-corrected chi connectivity index (χ0v) is 12.9. The molecule has 1 rings (SSSR count). The summed E-state index contributed by atoms with van der Waals surface area (Å²) in [6.07, 6.45) is 0. The number of likely N-dealkylation sites (N-methyl/N-ethyl adjacent to an activating group) is 1. The SMILES string of the molecule is CCN(CC(=O)OC)S(=O)(=O)c1ccc(C(=O)NC)cc1. The molecule has 116 valence electrons. The first-order valence-electron chi connectivity index (χ1n) is 6.26. The summed E-state index contributed by atoms with van der Waals surface area (Å²) < 4.78 is 30.3. The Hall–Kier alpha value is -1.93. The van der Waals surface area contributed by atoms with Crippen molar-refractivity contribution in [3.63, 3.8) is 0 Å². The molecule has 0 spiro atoms. The van der Waals surface area contributed by atoms with Gasteiger partial charge in [-0.2, -0.15) is 4.31 Å². The predicted molar refractivity (Wildman–Crippen MR) is 76.3 cm³/mol. The smallest absolute Gasteiger partial charge is 0.321 e. The molecule has 0 saturated heterocycles. The Labute approximate surface area is 123 Å². The number of esters is 1. The summed E-state index contributed by atoms with van der Waals surface area (Å²) in [5.41, 5.74) is 0.354. The standard InChI is InChI=1S/C13H18N2O5S/c1-4-15(9-12(16)20-3)21(18,19)11-7-5-10(6-8-11)13(17)14-2/h5-8H,4,9H2,1-3H3,(H,14,17). The number of carbonyl (C=O) groups excluding carboxylic acids is 2. The van der Waals surface area contributed by atoms with Crippen LogP contribution in [0.25, 0.3) is 0 Å². The van der Waals surface area contributed by atoms with Crippen molar-refractivity contribution >= 4 is 21.9 Å². The number of amides is 1. The van der Waals surface area contributed by atoms with E-state index < -0.39 is 16.0 Å². The Bertz CT molecular complexity index is 610. The second-order valence-corrected chi connectivity index (χ2v) is 6.05. The maximum Gasteiger partial charge on any atom is 0.321 e. The normalized spacial score (nSPS) is 11.2. The van der Waals surface area contributed by atoms with Crippen molar-refractivity contribution in [3.8, 4) is 0 Å². The summed E-state index contributed by atoms with van der Waals surface area (Å²) in [5.74, 6) is -0.941. The van der Waals surface area contributed by atoms with Gasteiger partial charge in [0.15, 0.2) is 0 Å². The molecule has 7 nitrogen and oxygen atoms in total. The molecule has 1 aromatic rings. The first-order valence-corrected chi connectivity index (χ1v) is 7.70. The van der Waals surface area contributed by atoms with Crippen molar-refractivity contribution in [1.82, 2.24) is 9.62 Å². The molecular weight excluding hydrogens is 296 g/mol. The largest absolute Gasteiger partial charge is 0.468 e. The minimum absolute atomic E-state index is 0.0147. The van der Waals surface area contributed by atoms with E-state index in [1.807, 2.05) is 0 Å². The monoisotopic (exact) mass is 314 g/mol. The van der Waals surface area contributed by atoms with E-state index in [0.717, 1.165) is 4.31 Å². The van der Waals surface area contributed by atoms with Crippen LogP contribution in [0.4, 0.5) is 0 Å². The predicted octanol–water partition coefficient (Wildman–Crippen LogP) is 0.230. The Morgan fingerprint density at radius 2 is 1.81 bits per heavy atom. The molecule has 1 N–H and O–H groups in total. The molecule has 8 heteroatoms. The van der Waals surface area contributed by atoms with Crippen LogP contribution in [0.3, 0.4) is 0 Å². The fourth-order valence-electron chi connectivity index (χ4n) is 1.65. The molecule has 1 aromatic carbocycles. The van der Waals surface area contributed by atoms with Crippen LogP contribution in [0.1, 0.15) is 17.3 Å². The van der Waals surface area contributed by atoms with Crippen molar-refractivity contribution in [3.05, 3.63) is 29.8 Å². The summed E-state index contributed by atoms with van der Waals surface area (Å²) in [6.45, 7) is 1.40. The van der Waals surface area contributed by atoms with E-state index in [1.54, 1.807) is 6.92 Å². The van der Waals surface area contributed by atoms with E-state index in [2.05, 4.69) is 10.1 Å². The number of benzene rings is 1. The third-order valence-electron chi connectivity index (χ3n) is 2.87. The summed E-state index contributed by atoms with van der Waals surface area (Å²) in [4.78, 5) is 22.7. The van der Waals surface area contributed by atoms with E-state index in [9.17, 15) is 18.0 Å². The Morgan fingerprint density at radius 1 is 1.24 bits per heavy atom. The average Bonchev–Trinajstić information content (AvgIpc) is 2.51. The molecule has 0 aliphatic rings. The molecule has 0 aromatic heterocycles. The van der Waals surface area contributed by atoms with Crippen molar-refractivity contribution < 1.29 is 22.7 Å². The molecule has 21 heavy (non-hydrogen) atoms. The summed E-state index contributed by atoms with van der Waals surface area (Å²) >= 11 is 0. The van der Waals surface area contributed by atoms with Gasteiger partial charge in [-0.1, -0.05) is 6.92 Å². The lowest BCUT2D eigenvalue weighted by Gasteiger charge is -2.19. The number of hydrogen-bond donors (Lipinski definition) is 1. The molecule has 0 saturated carbocycles. The number of ether oxygens (including phenoxy) is 1. The maximum absolute atomic E-state index is 12.4. The molecule has 1 amide bonds. The Morgan fingerprint density at radius 3 is 2.24 bits per heavy atom. The molecule has 0 aliphatic carbocycles. The van der Waals surface area contributed by atoms with E-state index in [4.69, 9.17) is 0 Å². The fourth-order valence-corrected chi connectivity index (χ4v) is 3.04. The van der Waals surface area contributed by atoms with Gasteiger partial charge in [0.05, 0.1) is 12.0 Å². The van der Waals surface area contributed by atoms with Crippen LogP contribution in [0.2, 0.25) is 0 Å². The molecule has 0 aliphatic heterocycles. The van der Waals surface area contributed by atoms with Crippen molar-refractivity contribution in [2.24, 2.45) is 0 Å². The van der Waals surface area contributed by atoms with Gasteiger partial charge >= 0.3 is 5.97 Å². The van der Waals surface area contributed by atoms with Gasteiger partial charge in [-0.25, -0.2) is 8.42 Å². The lowest BCUT2D eigenvalue weighted by atomic mass is 10.2. The minimum atomic E-state index is -3.80. The third-order valence-corrected chi connectivity index (χ3v) is 4.80. The van der Waals surface area contributed by atoms with Crippen LogP contribution in [0.15, 0.2) is 29.2 Å². The highest BCUT2D eigenvalue weighted by molar-refractivity contribution is 7.89. The first kappa shape index (κ1) is 17.1. The average molecular weight is 314 g/mol. The number of hydrogen-bond acceptors (Lipinski definition) is 5. The zero-order chi connectivity index (χ0) is 16.0. The lowest BCUT2D eigenvalue weighted by Crippen LogP contribution is -2.36. The molecule has 0 fully saturated rings. The van der Waals surface area contributed by atoms with Crippen LogP contribution in [-0.2, 0) is 19.6 Å². The zero-order valence-electron chi connectivity index (χ0n) is 12.1. The summed E-state index contributed by atoms with van der Waals surface area (Å²) in [5, 5.41) is 2.45. The van der Waals surface area contributed by atoms with Crippen molar-refractivity contribution in [2.75, 3.05) is 27.2 Å². The first-order chi connectivity index (χ1) is 9.86. The molecule has 0 unspecified atom stereocenters. The van der Waals surface area contributed by atoms with Gasteiger partial charge in [-0.05, 0) is 24.3 Å². The highest BCUT2D eigenvalue weighted by Crippen LogP contribution is 2.16. The second kappa shape index (κ2) is 7.19. The molecule has 0 heterocycles. The van der Waals surface area contributed by atoms with Crippen LogP contribution < -0.4 is 5.32 Å². The number of nitrogens with one attached hydrogen (secondary N) is 1. The number of sulfonamides is 1. The van der Waals surface area contributed by atoms with Gasteiger partial charge in [-0.15, -0.1) is 0 Å². The van der Waals surface area contributed by atoms with Crippen LogP contribution >= 0.6 is 0 Å². The fraction of sp³-hybridized carbons (Fsp3) is 0.385. The Kier molecular flexibility index (Phi) is 5.86. The van der Waals surface area contributed by atoms with Crippen molar-refractivity contribution in [2.45, 2.75) is 11.8 Å². The van der Waals surface area contributed by atoms with E-state index in [1.165, 1.54) is 38.4 Å². The van der Waals surface area contributed by atoms with Gasteiger partial charge in [0.2, 0.25) is 10.0 Å². The highest BCUT2D eigenvalue weighted by Gasteiger charge is 2.25. The molecular formula is C13H18N2O5S. The highest BCUT2D eigenvalue weighted by atomic mass is 32.2. The van der Waals surface area contributed by atoms with Gasteiger partial charge in [0, 0.05) is 19.2 Å². The summed E-state index contributed by atoms with van der Waals surface area (Å²) in [7, 11) is -1.12. The van der Waals surface area contributed by atoms with Crippen LogP contribution in [0.5, 0.6) is 0 Å². The number of methoxy groups -OCH3 is 1. The van der Waals surface area contributed by atoms with Gasteiger partial charge < -0.3 is 10.1 Å². The van der Waals surface area contributed by atoms with E-state index in [-0.39, 0.29) is 23.9 Å². The van der Waals surface area contributed by atoms with Crippen LogP contribution in [-0.4, -0.2) is 51.8 Å².